The monoisotopic (exact) mass is 289 g/mol. The van der Waals surface area contributed by atoms with E-state index in [0.717, 1.165) is 4.88 Å². The summed E-state index contributed by atoms with van der Waals surface area (Å²) in [5.41, 5.74) is 0.562. The molecule has 1 aromatic heterocycles. The predicted molar refractivity (Wildman–Crippen MR) is 75.9 cm³/mol. The van der Waals surface area contributed by atoms with Crippen molar-refractivity contribution in [2.45, 2.75) is 6.54 Å². The Kier molecular flexibility index (Phi) is 4.88. The first-order valence-corrected chi connectivity index (χ1v) is 6.78. The van der Waals surface area contributed by atoms with E-state index in [4.69, 9.17) is 5.11 Å². The van der Waals surface area contributed by atoms with E-state index in [9.17, 15) is 9.18 Å². The first-order valence-electron chi connectivity index (χ1n) is 5.90. The number of aliphatic hydroxyl groups is 1. The molecular weight excluding hydrogens is 277 g/mol. The fourth-order valence-corrected chi connectivity index (χ4v) is 2.27. The van der Waals surface area contributed by atoms with Crippen molar-refractivity contribution in [3.05, 3.63) is 57.5 Å². The number of benzene rings is 1. The lowest BCUT2D eigenvalue weighted by Crippen LogP contribution is -2.23. The molecule has 0 aliphatic heterocycles. The molecule has 0 aliphatic carbocycles. The molecule has 20 heavy (non-hydrogen) atoms. The maximum absolute atomic E-state index is 13.2. The number of hydrogen-bond acceptors (Lipinski definition) is 3. The molecule has 1 heterocycles. The summed E-state index contributed by atoms with van der Waals surface area (Å²) < 4.78 is 13.2. The molecule has 0 radical (unpaired) electrons. The van der Waals surface area contributed by atoms with Gasteiger partial charge in [-0.25, -0.2) is 4.39 Å². The van der Waals surface area contributed by atoms with Gasteiger partial charge in [0.15, 0.2) is 0 Å². The Balaban J connectivity index is 2.16. The summed E-state index contributed by atoms with van der Waals surface area (Å²) in [7, 11) is 0. The second-order valence-corrected chi connectivity index (χ2v) is 4.94. The molecule has 0 saturated carbocycles. The standard InChI is InChI=1S/C15H12FNO2S/c16-12-5-6-14(11(9-12)3-1-7-18)15(19)17-10-13-4-2-8-20-13/h2,4-6,8-9,18H,7,10H2,(H,17,19). The summed E-state index contributed by atoms with van der Waals surface area (Å²) in [6, 6.07) is 7.61. The van der Waals surface area contributed by atoms with Crippen molar-refractivity contribution >= 4 is 17.2 Å². The van der Waals surface area contributed by atoms with E-state index in [-0.39, 0.29) is 18.1 Å². The number of nitrogens with one attached hydrogen (secondary N) is 1. The molecule has 102 valence electrons. The highest BCUT2D eigenvalue weighted by atomic mass is 32.1. The third kappa shape index (κ3) is 3.67. The molecule has 0 bridgehead atoms. The van der Waals surface area contributed by atoms with Gasteiger partial charge < -0.3 is 10.4 Å². The zero-order valence-corrected chi connectivity index (χ0v) is 11.3. The molecule has 0 unspecified atom stereocenters. The Morgan fingerprint density at radius 3 is 2.95 bits per heavy atom. The van der Waals surface area contributed by atoms with Gasteiger partial charge in [0.1, 0.15) is 12.4 Å². The van der Waals surface area contributed by atoms with E-state index >= 15 is 0 Å². The molecule has 0 spiro atoms. The lowest BCUT2D eigenvalue weighted by molar-refractivity contribution is 0.0951. The van der Waals surface area contributed by atoms with E-state index in [1.165, 1.54) is 18.2 Å². The minimum atomic E-state index is -0.470. The van der Waals surface area contributed by atoms with Gasteiger partial charge in [0.25, 0.3) is 5.91 Å². The van der Waals surface area contributed by atoms with Crippen LogP contribution in [0.1, 0.15) is 20.8 Å². The molecule has 1 amide bonds. The van der Waals surface area contributed by atoms with Crippen LogP contribution < -0.4 is 5.32 Å². The summed E-state index contributed by atoms with van der Waals surface area (Å²) in [6.07, 6.45) is 0. The number of hydrogen-bond donors (Lipinski definition) is 2. The summed E-state index contributed by atoms with van der Waals surface area (Å²) in [4.78, 5) is 13.1. The smallest absolute Gasteiger partial charge is 0.252 e. The third-order valence-electron chi connectivity index (χ3n) is 2.53. The van der Waals surface area contributed by atoms with Crippen LogP contribution >= 0.6 is 11.3 Å². The van der Waals surface area contributed by atoms with E-state index in [1.807, 2.05) is 17.5 Å². The molecule has 0 saturated heterocycles. The number of carbonyl (C=O) groups is 1. The molecular formula is C15H12FNO2S. The fourth-order valence-electron chi connectivity index (χ4n) is 1.63. The SMILES string of the molecule is O=C(NCc1cccs1)c1ccc(F)cc1C#CCO. The predicted octanol–water partition coefficient (Wildman–Crippen LogP) is 2.16. The van der Waals surface area contributed by atoms with Gasteiger partial charge >= 0.3 is 0 Å². The summed E-state index contributed by atoms with van der Waals surface area (Å²) in [5.74, 6) is 4.21. The first-order chi connectivity index (χ1) is 9.70. The van der Waals surface area contributed by atoms with Gasteiger partial charge in [-0.15, -0.1) is 11.3 Å². The lowest BCUT2D eigenvalue weighted by atomic mass is 10.1. The number of rotatable bonds is 3. The van der Waals surface area contributed by atoms with Crippen LogP contribution in [0.4, 0.5) is 4.39 Å². The maximum Gasteiger partial charge on any atom is 0.252 e. The molecule has 2 rings (SSSR count). The Labute approximate surface area is 120 Å². The van der Waals surface area contributed by atoms with Gasteiger partial charge in [-0.3, -0.25) is 4.79 Å². The Morgan fingerprint density at radius 2 is 2.25 bits per heavy atom. The number of carbonyl (C=O) groups excluding carboxylic acids is 1. The summed E-state index contributed by atoms with van der Waals surface area (Å²) in [5, 5.41) is 13.4. The zero-order chi connectivity index (χ0) is 14.4. The molecule has 2 aromatic rings. The topological polar surface area (TPSA) is 49.3 Å². The highest BCUT2D eigenvalue weighted by Gasteiger charge is 2.11. The molecule has 0 fully saturated rings. The molecule has 0 atom stereocenters. The highest BCUT2D eigenvalue weighted by molar-refractivity contribution is 7.09. The highest BCUT2D eigenvalue weighted by Crippen LogP contribution is 2.12. The van der Waals surface area contributed by atoms with Crippen molar-refractivity contribution in [2.75, 3.05) is 6.61 Å². The second-order valence-electron chi connectivity index (χ2n) is 3.91. The zero-order valence-electron chi connectivity index (χ0n) is 10.5. The Bertz CT molecular complexity index is 656. The molecule has 0 aliphatic rings. The van der Waals surface area contributed by atoms with Crippen LogP contribution in [0.15, 0.2) is 35.7 Å². The van der Waals surface area contributed by atoms with E-state index in [0.29, 0.717) is 12.1 Å². The maximum atomic E-state index is 13.2. The van der Waals surface area contributed by atoms with Crippen molar-refractivity contribution in [3.8, 4) is 11.8 Å². The van der Waals surface area contributed by atoms with Crippen LogP contribution in [0.25, 0.3) is 0 Å². The van der Waals surface area contributed by atoms with Gasteiger partial charge in [-0.2, -0.15) is 0 Å². The Hall–Kier alpha value is -2.16. The quantitative estimate of drug-likeness (QED) is 0.851. The largest absolute Gasteiger partial charge is 0.384 e. The minimum absolute atomic E-state index is 0.266. The fraction of sp³-hybridized carbons (Fsp3) is 0.133. The van der Waals surface area contributed by atoms with E-state index < -0.39 is 5.82 Å². The Morgan fingerprint density at radius 1 is 1.40 bits per heavy atom. The van der Waals surface area contributed by atoms with Crippen molar-refractivity contribution in [1.29, 1.82) is 0 Å². The van der Waals surface area contributed by atoms with Crippen molar-refractivity contribution in [1.82, 2.24) is 5.32 Å². The average Bonchev–Trinajstić information content (AvgIpc) is 2.96. The van der Waals surface area contributed by atoms with Crippen LogP contribution in [0.3, 0.4) is 0 Å². The van der Waals surface area contributed by atoms with Crippen molar-refractivity contribution < 1.29 is 14.3 Å². The molecule has 2 N–H and O–H groups in total. The molecule has 1 aromatic carbocycles. The number of amides is 1. The van der Waals surface area contributed by atoms with Gasteiger partial charge in [0.2, 0.25) is 0 Å². The average molecular weight is 289 g/mol. The van der Waals surface area contributed by atoms with Crippen molar-refractivity contribution in [2.24, 2.45) is 0 Å². The van der Waals surface area contributed by atoms with E-state index in [1.54, 1.807) is 11.3 Å². The minimum Gasteiger partial charge on any atom is -0.384 e. The lowest BCUT2D eigenvalue weighted by Gasteiger charge is -2.06. The van der Waals surface area contributed by atoms with Gasteiger partial charge in [-0.05, 0) is 29.6 Å². The van der Waals surface area contributed by atoms with E-state index in [2.05, 4.69) is 17.2 Å². The van der Waals surface area contributed by atoms with Gasteiger partial charge in [0.05, 0.1) is 12.1 Å². The van der Waals surface area contributed by atoms with Crippen LogP contribution in [-0.4, -0.2) is 17.6 Å². The summed E-state index contributed by atoms with van der Waals surface area (Å²) in [6.45, 7) is 0.0769. The number of thiophene rings is 1. The number of aliphatic hydroxyl groups excluding tert-OH is 1. The van der Waals surface area contributed by atoms with Crippen LogP contribution in [0, 0.1) is 17.7 Å². The van der Waals surface area contributed by atoms with Crippen LogP contribution in [0.2, 0.25) is 0 Å². The number of halogens is 1. The van der Waals surface area contributed by atoms with Gasteiger partial charge in [-0.1, -0.05) is 17.9 Å². The van der Waals surface area contributed by atoms with Crippen LogP contribution in [-0.2, 0) is 6.54 Å². The summed E-state index contributed by atoms with van der Waals surface area (Å²) >= 11 is 1.54. The van der Waals surface area contributed by atoms with Gasteiger partial charge in [0, 0.05) is 10.4 Å². The normalized spacial score (nSPS) is 9.70. The van der Waals surface area contributed by atoms with Crippen LogP contribution in [0.5, 0.6) is 0 Å². The second kappa shape index (κ2) is 6.85. The molecule has 3 nitrogen and oxygen atoms in total. The third-order valence-corrected chi connectivity index (χ3v) is 3.41. The molecule has 5 heteroatoms. The first kappa shape index (κ1) is 14.3. The van der Waals surface area contributed by atoms with Crippen molar-refractivity contribution in [3.63, 3.8) is 0 Å².